The van der Waals surface area contributed by atoms with E-state index in [1.165, 1.54) is 36.8 Å². The fraction of sp³-hybridized carbons (Fsp3) is 0.600. The van der Waals surface area contributed by atoms with Crippen LogP contribution in [0.4, 0.5) is 0 Å². The average Bonchev–Trinajstić information content (AvgIpc) is 2.89. The normalized spacial score (nSPS) is 32.4. The zero-order valence-corrected chi connectivity index (χ0v) is 12.4. The summed E-state index contributed by atoms with van der Waals surface area (Å²) in [7, 11) is 0. The predicted octanol–water partition coefficient (Wildman–Crippen LogP) is 1.28. The predicted molar refractivity (Wildman–Crippen MR) is 75.4 cm³/mol. The van der Waals surface area contributed by atoms with Crippen molar-refractivity contribution >= 4 is 19.4 Å². The van der Waals surface area contributed by atoms with Gasteiger partial charge in [-0.2, -0.15) is 0 Å². The van der Waals surface area contributed by atoms with Gasteiger partial charge in [0.15, 0.2) is 0 Å². The molecule has 2 aliphatic rings. The van der Waals surface area contributed by atoms with Crippen LogP contribution < -0.4 is 4.46 Å². The number of hydrogen-bond acceptors (Lipinski definition) is 2. The standard InChI is InChI=1S/C15H21NOSe/c17-11-12-8-10-16-9-4-7-14(16)15(12)18-13-5-2-1-3-6-13/h1-3,5-6,12,14-15,17H,4,7-11H2/t12-,14+,15-/m1/s1. The molecule has 0 amide bonds. The summed E-state index contributed by atoms with van der Waals surface area (Å²) in [5.74, 6) is 0.532. The van der Waals surface area contributed by atoms with Gasteiger partial charge in [-0.3, -0.25) is 0 Å². The number of aliphatic hydroxyl groups excluding tert-OH is 1. The van der Waals surface area contributed by atoms with E-state index in [1.54, 1.807) is 0 Å². The summed E-state index contributed by atoms with van der Waals surface area (Å²) < 4.78 is 1.49. The fourth-order valence-electron chi connectivity index (χ4n) is 3.34. The maximum absolute atomic E-state index is 9.65. The van der Waals surface area contributed by atoms with Crippen LogP contribution in [0.3, 0.4) is 0 Å². The molecule has 3 rings (SSSR count). The molecule has 2 heterocycles. The van der Waals surface area contributed by atoms with Crippen molar-refractivity contribution in [1.82, 2.24) is 4.90 Å². The van der Waals surface area contributed by atoms with E-state index < -0.39 is 0 Å². The van der Waals surface area contributed by atoms with Crippen LogP contribution in [0.5, 0.6) is 0 Å². The summed E-state index contributed by atoms with van der Waals surface area (Å²) >= 11 is 0.502. The molecule has 0 spiro atoms. The molecule has 0 bridgehead atoms. The van der Waals surface area contributed by atoms with Crippen molar-refractivity contribution < 1.29 is 5.11 Å². The Bertz CT molecular complexity index is 383. The second-order valence-corrected chi connectivity index (χ2v) is 8.00. The molecule has 0 aromatic heterocycles. The second-order valence-electron chi connectivity index (χ2n) is 5.37. The van der Waals surface area contributed by atoms with Crippen molar-refractivity contribution in [3.63, 3.8) is 0 Å². The number of benzene rings is 1. The van der Waals surface area contributed by atoms with Crippen LogP contribution in [0.25, 0.3) is 0 Å². The van der Waals surface area contributed by atoms with Gasteiger partial charge >= 0.3 is 115 Å². The van der Waals surface area contributed by atoms with Gasteiger partial charge in [-0.05, 0) is 0 Å². The van der Waals surface area contributed by atoms with Gasteiger partial charge < -0.3 is 0 Å². The Morgan fingerprint density at radius 2 is 2.00 bits per heavy atom. The second kappa shape index (κ2) is 5.75. The number of aliphatic hydroxyl groups is 1. The molecule has 0 unspecified atom stereocenters. The van der Waals surface area contributed by atoms with E-state index in [2.05, 4.69) is 35.2 Å². The third-order valence-electron chi connectivity index (χ3n) is 4.30. The van der Waals surface area contributed by atoms with Gasteiger partial charge in [-0.15, -0.1) is 0 Å². The van der Waals surface area contributed by atoms with Crippen molar-refractivity contribution in [3.8, 4) is 0 Å². The Morgan fingerprint density at radius 3 is 2.78 bits per heavy atom. The third kappa shape index (κ3) is 2.50. The van der Waals surface area contributed by atoms with E-state index in [4.69, 9.17) is 0 Å². The monoisotopic (exact) mass is 311 g/mol. The van der Waals surface area contributed by atoms with Crippen LogP contribution in [0.1, 0.15) is 19.3 Å². The molecule has 3 atom stereocenters. The minimum absolute atomic E-state index is 0.379. The van der Waals surface area contributed by atoms with Crippen molar-refractivity contribution in [2.45, 2.75) is 30.1 Å². The van der Waals surface area contributed by atoms with E-state index >= 15 is 0 Å². The van der Waals surface area contributed by atoms with Crippen LogP contribution >= 0.6 is 0 Å². The molecule has 0 aliphatic carbocycles. The van der Waals surface area contributed by atoms with Gasteiger partial charge in [-0.25, -0.2) is 0 Å². The number of nitrogens with zero attached hydrogens (tertiary/aromatic N) is 1. The summed E-state index contributed by atoms with van der Waals surface area (Å²) in [4.78, 5) is 3.38. The Hall–Kier alpha value is -0.341. The van der Waals surface area contributed by atoms with Crippen LogP contribution in [0, 0.1) is 5.92 Å². The molecule has 98 valence electrons. The average molecular weight is 310 g/mol. The fourth-order valence-corrected chi connectivity index (χ4v) is 6.50. The molecule has 18 heavy (non-hydrogen) atoms. The summed E-state index contributed by atoms with van der Waals surface area (Å²) in [5.41, 5.74) is 0. The van der Waals surface area contributed by atoms with E-state index in [1.807, 2.05) is 0 Å². The van der Waals surface area contributed by atoms with Crippen LogP contribution in [-0.4, -0.2) is 50.7 Å². The van der Waals surface area contributed by atoms with Gasteiger partial charge in [0.2, 0.25) is 0 Å². The molecule has 2 fully saturated rings. The summed E-state index contributed by atoms with van der Waals surface area (Å²) in [6.45, 7) is 2.87. The summed E-state index contributed by atoms with van der Waals surface area (Å²) in [5, 5.41) is 9.65. The maximum atomic E-state index is 9.65. The molecule has 2 saturated heterocycles. The first kappa shape index (κ1) is 12.7. The van der Waals surface area contributed by atoms with Gasteiger partial charge in [0, 0.05) is 0 Å². The molecular weight excluding hydrogens is 289 g/mol. The van der Waals surface area contributed by atoms with Crippen LogP contribution in [0.15, 0.2) is 30.3 Å². The molecule has 0 saturated carbocycles. The molecule has 0 radical (unpaired) electrons. The number of hydrogen-bond donors (Lipinski definition) is 1. The Kier molecular flexibility index (Phi) is 4.05. The number of piperidine rings is 1. The zero-order chi connectivity index (χ0) is 12.4. The van der Waals surface area contributed by atoms with Gasteiger partial charge in [0.1, 0.15) is 0 Å². The Morgan fingerprint density at radius 1 is 1.17 bits per heavy atom. The van der Waals surface area contributed by atoms with E-state index in [-0.39, 0.29) is 0 Å². The molecule has 3 heteroatoms. The van der Waals surface area contributed by atoms with E-state index in [0.717, 1.165) is 6.04 Å². The zero-order valence-electron chi connectivity index (χ0n) is 10.7. The molecule has 1 aromatic rings. The van der Waals surface area contributed by atoms with Crippen molar-refractivity contribution in [1.29, 1.82) is 0 Å². The molecule has 2 aliphatic heterocycles. The van der Waals surface area contributed by atoms with Gasteiger partial charge in [0.25, 0.3) is 0 Å². The van der Waals surface area contributed by atoms with Crippen LogP contribution in [0.2, 0.25) is 4.82 Å². The van der Waals surface area contributed by atoms with Crippen molar-refractivity contribution in [3.05, 3.63) is 30.3 Å². The SMILES string of the molecule is OC[C@H]1CCN2CCC[C@H]2[C@@H]1[Se]c1ccccc1. The number of fused-ring (bicyclic) bond motifs is 1. The first-order valence-electron chi connectivity index (χ1n) is 6.95. The van der Waals surface area contributed by atoms with Crippen LogP contribution in [-0.2, 0) is 0 Å². The van der Waals surface area contributed by atoms with Crippen molar-refractivity contribution in [2.24, 2.45) is 5.92 Å². The number of rotatable bonds is 3. The Balaban J connectivity index is 1.77. The molecule has 2 nitrogen and oxygen atoms in total. The van der Waals surface area contributed by atoms with Crippen molar-refractivity contribution in [2.75, 3.05) is 19.7 Å². The topological polar surface area (TPSA) is 23.5 Å². The third-order valence-corrected chi connectivity index (χ3v) is 7.47. The first-order chi connectivity index (χ1) is 8.88. The van der Waals surface area contributed by atoms with Gasteiger partial charge in [-0.1, -0.05) is 0 Å². The summed E-state index contributed by atoms with van der Waals surface area (Å²) in [6.07, 6.45) is 3.88. The minimum atomic E-state index is 0.379. The molecular formula is C15H21NOSe. The Labute approximate surface area is 116 Å². The first-order valence-corrected chi connectivity index (χ1v) is 8.79. The van der Waals surface area contributed by atoms with E-state index in [0.29, 0.717) is 32.3 Å². The molecule has 1 aromatic carbocycles. The molecule has 1 N–H and O–H groups in total. The van der Waals surface area contributed by atoms with Gasteiger partial charge in [0.05, 0.1) is 0 Å². The quantitative estimate of drug-likeness (QED) is 0.850. The summed E-state index contributed by atoms with van der Waals surface area (Å²) in [6, 6.07) is 11.6. The van der Waals surface area contributed by atoms with E-state index in [9.17, 15) is 5.11 Å².